The van der Waals surface area contributed by atoms with Gasteiger partial charge in [-0.15, -0.1) is 0 Å². The lowest BCUT2D eigenvalue weighted by atomic mass is 9.93. The van der Waals surface area contributed by atoms with Crippen molar-refractivity contribution in [1.29, 1.82) is 0 Å². The quantitative estimate of drug-likeness (QED) is 0.802. The van der Waals surface area contributed by atoms with E-state index in [1.807, 2.05) is 11.8 Å². The third-order valence-electron chi connectivity index (χ3n) is 3.44. The summed E-state index contributed by atoms with van der Waals surface area (Å²) in [4.78, 5) is 24.6. The number of amides is 1. The fourth-order valence-corrected chi connectivity index (χ4v) is 2.55. The molecule has 0 aromatic rings. The molecule has 2 unspecified atom stereocenters. The number of aliphatic carboxylic acids is 1. The van der Waals surface area contributed by atoms with Crippen LogP contribution in [0.5, 0.6) is 0 Å². The molecule has 0 radical (unpaired) electrons. The number of carboxylic acid groups (broad SMARTS) is 1. The summed E-state index contributed by atoms with van der Waals surface area (Å²) in [5.74, 6) is -0.351. The Morgan fingerprint density at radius 1 is 1.47 bits per heavy atom. The van der Waals surface area contributed by atoms with Gasteiger partial charge in [0.05, 0.1) is 0 Å². The Morgan fingerprint density at radius 2 is 2.18 bits per heavy atom. The molecule has 4 nitrogen and oxygen atoms in total. The molecule has 1 heterocycles. The summed E-state index contributed by atoms with van der Waals surface area (Å²) >= 11 is 0. The maximum atomic E-state index is 12.1. The highest BCUT2D eigenvalue weighted by Gasteiger charge is 2.27. The number of carbonyl (C=O) groups is 2. The smallest absolute Gasteiger partial charge is 0.303 e. The van der Waals surface area contributed by atoms with Crippen molar-refractivity contribution in [1.82, 2.24) is 4.90 Å². The van der Waals surface area contributed by atoms with Crippen LogP contribution >= 0.6 is 0 Å². The number of carboxylic acids is 1. The number of rotatable bonds is 5. The highest BCUT2D eigenvalue weighted by atomic mass is 16.4. The van der Waals surface area contributed by atoms with Crippen LogP contribution in [0.25, 0.3) is 0 Å². The number of piperidine rings is 1. The van der Waals surface area contributed by atoms with E-state index in [9.17, 15) is 9.59 Å². The predicted octanol–water partition coefficient (Wildman–Crippen LogP) is 2.14. The monoisotopic (exact) mass is 241 g/mol. The fraction of sp³-hybridized carbons (Fsp3) is 0.846. The summed E-state index contributed by atoms with van der Waals surface area (Å²) in [7, 11) is 0. The lowest BCUT2D eigenvalue weighted by molar-refractivity contribution is -0.142. The molecule has 0 aromatic carbocycles. The zero-order valence-electron chi connectivity index (χ0n) is 10.8. The van der Waals surface area contributed by atoms with E-state index < -0.39 is 5.97 Å². The minimum atomic E-state index is -0.758. The topological polar surface area (TPSA) is 57.6 Å². The number of carbonyl (C=O) groups excluding carboxylic acids is 1. The minimum absolute atomic E-state index is 0.0728. The number of hydrogen-bond donors (Lipinski definition) is 1. The van der Waals surface area contributed by atoms with Crippen molar-refractivity contribution < 1.29 is 14.7 Å². The van der Waals surface area contributed by atoms with Crippen LogP contribution in [0.2, 0.25) is 0 Å². The third-order valence-corrected chi connectivity index (χ3v) is 3.44. The van der Waals surface area contributed by atoms with Crippen molar-refractivity contribution in [3.05, 3.63) is 0 Å². The molecule has 0 aliphatic carbocycles. The Labute approximate surface area is 103 Å². The summed E-state index contributed by atoms with van der Waals surface area (Å²) < 4.78 is 0. The first kappa shape index (κ1) is 14.0. The molecule has 0 spiro atoms. The maximum absolute atomic E-state index is 12.1. The molecule has 1 saturated heterocycles. The lowest BCUT2D eigenvalue weighted by Crippen LogP contribution is -2.42. The molecule has 2 atom stereocenters. The number of hydrogen-bond acceptors (Lipinski definition) is 2. The second-order valence-electron chi connectivity index (χ2n) is 5.08. The second-order valence-corrected chi connectivity index (χ2v) is 5.08. The van der Waals surface area contributed by atoms with Crippen molar-refractivity contribution in [3.8, 4) is 0 Å². The van der Waals surface area contributed by atoms with Gasteiger partial charge in [-0.1, -0.05) is 20.3 Å². The van der Waals surface area contributed by atoms with E-state index in [0.717, 1.165) is 32.2 Å². The van der Waals surface area contributed by atoms with Crippen LogP contribution in [0.1, 0.15) is 46.0 Å². The molecule has 0 bridgehead atoms. The Hall–Kier alpha value is -1.06. The average Bonchev–Trinajstić information content (AvgIpc) is 2.28. The van der Waals surface area contributed by atoms with Crippen molar-refractivity contribution in [2.45, 2.75) is 46.0 Å². The van der Waals surface area contributed by atoms with E-state index in [4.69, 9.17) is 5.11 Å². The van der Waals surface area contributed by atoms with Gasteiger partial charge in [-0.2, -0.15) is 0 Å². The SMILES string of the molecule is CCCC(C)C(=O)N1CCCC(CC(=O)O)C1. The largest absolute Gasteiger partial charge is 0.481 e. The fourth-order valence-electron chi connectivity index (χ4n) is 2.55. The molecule has 1 N–H and O–H groups in total. The molecule has 1 aliphatic rings. The van der Waals surface area contributed by atoms with E-state index in [1.165, 1.54) is 0 Å². The van der Waals surface area contributed by atoms with E-state index in [-0.39, 0.29) is 24.2 Å². The third kappa shape index (κ3) is 4.36. The Bertz CT molecular complexity index is 278. The van der Waals surface area contributed by atoms with Gasteiger partial charge in [0.2, 0.25) is 5.91 Å². The lowest BCUT2D eigenvalue weighted by Gasteiger charge is -2.33. The van der Waals surface area contributed by atoms with E-state index in [2.05, 4.69) is 6.92 Å². The molecule has 17 heavy (non-hydrogen) atoms. The molecule has 1 aliphatic heterocycles. The number of likely N-dealkylation sites (tertiary alicyclic amines) is 1. The van der Waals surface area contributed by atoms with E-state index >= 15 is 0 Å². The molecular weight excluding hydrogens is 218 g/mol. The summed E-state index contributed by atoms with van der Waals surface area (Å²) in [5, 5.41) is 8.78. The first-order valence-electron chi connectivity index (χ1n) is 6.55. The van der Waals surface area contributed by atoms with Gasteiger partial charge in [0.25, 0.3) is 0 Å². The Balaban J connectivity index is 2.48. The second kappa shape index (κ2) is 6.62. The summed E-state index contributed by atoms with van der Waals surface area (Å²) in [5.41, 5.74) is 0. The van der Waals surface area contributed by atoms with Gasteiger partial charge in [0.15, 0.2) is 0 Å². The van der Waals surface area contributed by atoms with Crippen LogP contribution in [-0.4, -0.2) is 35.0 Å². The van der Waals surface area contributed by atoms with E-state index in [0.29, 0.717) is 6.54 Å². The highest BCUT2D eigenvalue weighted by Crippen LogP contribution is 2.22. The molecule has 4 heteroatoms. The number of nitrogens with zero attached hydrogens (tertiary/aromatic N) is 1. The standard InChI is InChI=1S/C13H23NO3/c1-3-5-10(2)13(17)14-7-4-6-11(9-14)8-12(15)16/h10-11H,3-9H2,1-2H3,(H,15,16). The van der Waals surface area contributed by atoms with Crippen LogP contribution in [0.4, 0.5) is 0 Å². The van der Waals surface area contributed by atoms with Gasteiger partial charge in [0.1, 0.15) is 0 Å². The normalized spacial score (nSPS) is 22.2. The molecule has 0 saturated carbocycles. The molecule has 98 valence electrons. The maximum Gasteiger partial charge on any atom is 0.303 e. The van der Waals surface area contributed by atoms with Gasteiger partial charge < -0.3 is 10.0 Å². The minimum Gasteiger partial charge on any atom is -0.481 e. The molecule has 1 rings (SSSR count). The summed E-state index contributed by atoms with van der Waals surface area (Å²) in [6.45, 7) is 5.46. The van der Waals surface area contributed by atoms with Gasteiger partial charge in [-0.05, 0) is 25.2 Å². The molecule has 1 fully saturated rings. The Kier molecular flexibility index (Phi) is 5.45. The van der Waals surface area contributed by atoms with Crippen LogP contribution < -0.4 is 0 Å². The van der Waals surface area contributed by atoms with Crippen LogP contribution in [0.15, 0.2) is 0 Å². The van der Waals surface area contributed by atoms with Gasteiger partial charge in [-0.3, -0.25) is 9.59 Å². The first-order chi connectivity index (χ1) is 8.04. The van der Waals surface area contributed by atoms with Gasteiger partial charge in [-0.25, -0.2) is 0 Å². The summed E-state index contributed by atoms with van der Waals surface area (Å²) in [6, 6.07) is 0. The van der Waals surface area contributed by atoms with Crippen LogP contribution in [0.3, 0.4) is 0 Å². The Morgan fingerprint density at radius 3 is 2.76 bits per heavy atom. The van der Waals surface area contributed by atoms with Crippen molar-refractivity contribution in [2.24, 2.45) is 11.8 Å². The highest BCUT2D eigenvalue weighted by molar-refractivity contribution is 5.78. The van der Waals surface area contributed by atoms with Crippen molar-refractivity contribution in [2.75, 3.05) is 13.1 Å². The molecule has 1 amide bonds. The van der Waals surface area contributed by atoms with Crippen LogP contribution in [-0.2, 0) is 9.59 Å². The van der Waals surface area contributed by atoms with Crippen molar-refractivity contribution in [3.63, 3.8) is 0 Å². The zero-order chi connectivity index (χ0) is 12.8. The molecular formula is C13H23NO3. The van der Waals surface area contributed by atoms with Gasteiger partial charge in [0, 0.05) is 25.4 Å². The van der Waals surface area contributed by atoms with Gasteiger partial charge >= 0.3 is 5.97 Å². The first-order valence-corrected chi connectivity index (χ1v) is 6.55. The predicted molar refractivity (Wildman–Crippen MR) is 65.6 cm³/mol. The van der Waals surface area contributed by atoms with Crippen molar-refractivity contribution >= 4 is 11.9 Å². The van der Waals surface area contributed by atoms with Crippen LogP contribution in [0, 0.1) is 11.8 Å². The average molecular weight is 241 g/mol. The summed E-state index contributed by atoms with van der Waals surface area (Å²) in [6.07, 6.45) is 3.98. The zero-order valence-corrected chi connectivity index (χ0v) is 10.8. The van der Waals surface area contributed by atoms with E-state index in [1.54, 1.807) is 0 Å². The molecule has 0 aromatic heterocycles.